The van der Waals surface area contributed by atoms with E-state index in [9.17, 15) is 4.79 Å². The third-order valence-corrected chi connectivity index (χ3v) is 4.53. The molecule has 0 aromatic rings. The summed E-state index contributed by atoms with van der Waals surface area (Å²) < 4.78 is 4.73. The van der Waals surface area contributed by atoms with Gasteiger partial charge in [0, 0.05) is 31.6 Å². The number of rotatable bonds is 5. The van der Waals surface area contributed by atoms with Crippen LogP contribution in [0.15, 0.2) is 0 Å². The van der Waals surface area contributed by atoms with Gasteiger partial charge in [-0.25, -0.2) is 0 Å². The predicted molar refractivity (Wildman–Crippen MR) is 76.0 cm³/mol. The van der Waals surface area contributed by atoms with Crippen molar-refractivity contribution < 1.29 is 9.53 Å². The first-order valence-corrected chi connectivity index (χ1v) is 7.68. The lowest BCUT2D eigenvalue weighted by Crippen LogP contribution is -2.50. The molecule has 2 fully saturated rings. The highest BCUT2D eigenvalue weighted by molar-refractivity contribution is 5.69. The Hall–Kier alpha value is -0.610. The molecule has 0 spiro atoms. The zero-order chi connectivity index (χ0) is 13.7. The van der Waals surface area contributed by atoms with Crippen LogP contribution >= 0.6 is 0 Å². The molecule has 2 aliphatic rings. The average Bonchev–Trinajstić information content (AvgIpc) is 2.88. The molecule has 0 amide bonds. The number of carbonyl (C=O) groups excluding carboxylic acids is 1. The Balaban J connectivity index is 1.76. The highest BCUT2D eigenvalue weighted by Crippen LogP contribution is 2.24. The average molecular weight is 268 g/mol. The number of carbonyl (C=O) groups is 1. The second-order valence-corrected chi connectivity index (χ2v) is 6.28. The van der Waals surface area contributed by atoms with Crippen LogP contribution in [-0.4, -0.2) is 50.2 Å². The Kier molecular flexibility index (Phi) is 5.64. The molecule has 0 bridgehead atoms. The monoisotopic (exact) mass is 268 g/mol. The summed E-state index contributed by atoms with van der Waals surface area (Å²) in [5.74, 6) is 0.547. The zero-order valence-electron chi connectivity index (χ0n) is 12.4. The summed E-state index contributed by atoms with van der Waals surface area (Å²) in [5.41, 5.74) is 0. The highest BCUT2D eigenvalue weighted by atomic mass is 16.5. The molecule has 2 atom stereocenters. The van der Waals surface area contributed by atoms with Crippen LogP contribution < -0.4 is 5.32 Å². The molecule has 2 unspecified atom stereocenters. The van der Waals surface area contributed by atoms with Crippen LogP contribution in [0.1, 0.15) is 44.9 Å². The van der Waals surface area contributed by atoms with Gasteiger partial charge in [-0.1, -0.05) is 12.8 Å². The van der Waals surface area contributed by atoms with E-state index in [1.54, 1.807) is 0 Å². The summed E-state index contributed by atoms with van der Waals surface area (Å²) in [4.78, 5) is 13.6. The van der Waals surface area contributed by atoms with Gasteiger partial charge in [-0.3, -0.25) is 4.79 Å². The van der Waals surface area contributed by atoms with Crippen molar-refractivity contribution in [2.75, 3.05) is 27.2 Å². The van der Waals surface area contributed by atoms with Gasteiger partial charge in [-0.15, -0.1) is 0 Å². The largest absolute Gasteiger partial charge is 0.469 e. The van der Waals surface area contributed by atoms with E-state index in [0.29, 0.717) is 18.4 Å². The summed E-state index contributed by atoms with van der Waals surface area (Å²) in [7, 11) is 3.66. The normalized spacial score (nSPS) is 29.6. The SMILES string of the molecule is COC(=O)CCC1CC(NC2CCCC2)CN(C)C1. The van der Waals surface area contributed by atoms with Crippen molar-refractivity contribution in [3.05, 3.63) is 0 Å². The van der Waals surface area contributed by atoms with Gasteiger partial charge in [0.05, 0.1) is 7.11 Å². The molecule has 4 nitrogen and oxygen atoms in total. The number of methoxy groups -OCH3 is 1. The third-order valence-electron chi connectivity index (χ3n) is 4.53. The summed E-state index contributed by atoms with van der Waals surface area (Å²) >= 11 is 0. The number of nitrogens with zero attached hydrogens (tertiary/aromatic N) is 1. The van der Waals surface area contributed by atoms with Crippen LogP contribution in [0.3, 0.4) is 0 Å². The molecule has 1 aliphatic carbocycles. The molecule has 0 radical (unpaired) electrons. The Morgan fingerprint density at radius 2 is 2.00 bits per heavy atom. The van der Waals surface area contributed by atoms with Crippen molar-refractivity contribution in [2.24, 2.45) is 5.92 Å². The van der Waals surface area contributed by atoms with E-state index in [-0.39, 0.29) is 5.97 Å². The molecule has 2 rings (SSSR count). The van der Waals surface area contributed by atoms with Crippen LogP contribution in [0, 0.1) is 5.92 Å². The van der Waals surface area contributed by atoms with Crippen molar-refractivity contribution in [3.8, 4) is 0 Å². The van der Waals surface area contributed by atoms with Crippen molar-refractivity contribution in [1.82, 2.24) is 10.2 Å². The first kappa shape index (κ1) is 14.8. The van der Waals surface area contributed by atoms with Gasteiger partial charge in [0.15, 0.2) is 0 Å². The van der Waals surface area contributed by atoms with E-state index in [1.807, 2.05) is 0 Å². The minimum atomic E-state index is -0.0754. The number of likely N-dealkylation sites (N-methyl/N-ethyl adjacent to an activating group) is 1. The number of likely N-dealkylation sites (tertiary alicyclic amines) is 1. The van der Waals surface area contributed by atoms with Gasteiger partial charge in [0.2, 0.25) is 0 Å². The van der Waals surface area contributed by atoms with Crippen LogP contribution in [-0.2, 0) is 9.53 Å². The van der Waals surface area contributed by atoms with Gasteiger partial charge in [-0.05, 0) is 38.6 Å². The summed E-state index contributed by atoms with van der Waals surface area (Å²) in [5, 5.41) is 3.82. The third kappa shape index (κ3) is 4.77. The van der Waals surface area contributed by atoms with Gasteiger partial charge >= 0.3 is 5.97 Å². The molecule has 1 saturated carbocycles. The van der Waals surface area contributed by atoms with Crippen LogP contribution in [0.5, 0.6) is 0 Å². The van der Waals surface area contributed by atoms with E-state index in [1.165, 1.54) is 39.2 Å². The number of esters is 1. The Bertz CT molecular complexity index is 290. The number of nitrogens with one attached hydrogen (secondary N) is 1. The standard InChI is InChI=1S/C15H28N2O2/c1-17-10-12(7-8-15(18)19-2)9-14(11-17)16-13-5-3-4-6-13/h12-14,16H,3-11H2,1-2H3. The van der Waals surface area contributed by atoms with Crippen LogP contribution in [0.25, 0.3) is 0 Å². The predicted octanol–water partition coefficient (Wildman–Crippen LogP) is 1.79. The second kappa shape index (κ2) is 7.25. The molecule has 0 aromatic carbocycles. The van der Waals surface area contributed by atoms with E-state index in [2.05, 4.69) is 17.3 Å². The van der Waals surface area contributed by atoms with E-state index in [0.717, 1.165) is 25.6 Å². The van der Waals surface area contributed by atoms with Crippen molar-refractivity contribution in [2.45, 2.75) is 57.0 Å². The maximum absolute atomic E-state index is 11.2. The van der Waals surface area contributed by atoms with Gasteiger partial charge in [0.1, 0.15) is 0 Å². The minimum absolute atomic E-state index is 0.0754. The minimum Gasteiger partial charge on any atom is -0.469 e. The molecule has 0 aromatic heterocycles. The first-order chi connectivity index (χ1) is 9.17. The molecule has 1 saturated heterocycles. The highest BCUT2D eigenvalue weighted by Gasteiger charge is 2.28. The Labute approximate surface area is 116 Å². The lowest BCUT2D eigenvalue weighted by molar-refractivity contribution is -0.141. The molecule has 1 heterocycles. The van der Waals surface area contributed by atoms with Gasteiger partial charge in [-0.2, -0.15) is 0 Å². The zero-order valence-corrected chi connectivity index (χ0v) is 12.4. The maximum Gasteiger partial charge on any atom is 0.305 e. The maximum atomic E-state index is 11.2. The van der Waals surface area contributed by atoms with Gasteiger partial charge in [0.25, 0.3) is 0 Å². The summed E-state index contributed by atoms with van der Waals surface area (Å²) in [6, 6.07) is 1.34. The first-order valence-electron chi connectivity index (χ1n) is 7.68. The number of hydrogen-bond donors (Lipinski definition) is 1. The van der Waals surface area contributed by atoms with E-state index >= 15 is 0 Å². The Morgan fingerprint density at radius 1 is 1.26 bits per heavy atom. The van der Waals surface area contributed by atoms with Crippen molar-refractivity contribution >= 4 is 5.97 Å². The second-order valence-electron chi connectivity index (χ2n) is 6.28. The molecule has 110 valence electrons. The fourth-order valence-corrected chi connectivity index (χ4v) is 3.62. The molecular formula is C15H28N2O2. The fourth-order valence-electron chi connectivity index (χ4n) is 3.62. The fraction of sp³-hybridized carbons (Fsp3) is 0.933. The lowest BCUT2D eigenvalue weighted by atomic mass is 9.90. The number of ether oxygens (including phenoxy) is 1. The smallest absolute Gasteiger partial charge is 0.305 e. The van der Waals surface area contributed by atoms with Crippen LogP contribution in [0.2, 0.25) is 0 Å². The lowest BCUT2D eigenvalue weighted by Gasteiger charge is -2.37. The molecule has 1 N–H and O–H groups in total. The number of piperidine rings is 1. The van der Waals surface area contributed by atoms with Crippen LogP contribution in [0.4, 0.5) is 0 Å². The topological polar surface area (TPSA) is 41.6 Å². The molecule has 19 heavy (non-hydrogen) atoms. The van der Waals surface area contributed by atoms with Crippen molar-refractivity contribution in [1.29, 1.82) is 0 Å². The quantitative estimate of drug-likeness (QED) is 0.772. The van der Waals surface area contributed by atoms with E-state index in [4.69, 9.17) is 4.74 Å². The van der Waals surface area contributed by atoms with Crippen molar-refractivity contribution in [3.63, 3.8) is 0 Å². The molecule has 4 heteroatoms. The van der Waals surface area contributed by atoms with E-state index < -0.39 is 0 Å². The molecular weight excluding hydrogens is 240 g/mol. The van der Waals surface area contributed by atoms with Gasteiger partial charge < -0.3 is 15.0 Å². The summed E-state index contributed by atoms with van der Waals surface area (Å²) in [6.45, 7) is 2.26. The summed E-state index contributed by atoms with van der Waals surface area (Å²) in [6.07, 6.45) is 8.17. The Morgan fingerprint density at radius 3 is 2.68 bits per heavy atom. The molecule has 1 aliphatic heterocycles. The number of hydrogen-bond acceptors (Lipinski definition) is 4.